The number of amides is 1. The molecule has 6 nitrogen and oxygen atoms in total. The monoisotopic (exact) mass is 353 g/mol. The lowest BCUT2D eigenvalue weighted by Crippen LogP contribution is -2.30. The predicted molar refractivity (Wildman–Crippen MR) is 96.4 cm³/mol. The first kappa shape index (κ1) is 17.5. The molecule has 6 heteroatoms. The van der Waals surface area contributed by atoms with E-state index in [2.05, 4.69) is 0 Å². The Balaban J connectivity index is 2.19. The second-order valence-electron chi connectivity index (χ2n) is 6.16. The molecule has 0 radical (unpaired) electrons. The van der Waals surface area contributed by atoms with E-state index in [0.717, 1.165) is 5.56 Å². The van der Waals surface area contributed by atoms with Crippen LogP contribution in [0.4, 0.5) is 5.69 Å². The number of aryl methyl sites for hydroxylation is 1. The van der Waals surface area contributed by atoms with Crippen molar-refractivity contribution < 1.29 is 24.5 Å². The van der Waals surface area contributed by atoms with E-state index in [1.165, 1.54) is 25.0 Å². The Hall–Kier alpha value is -3.28. The van der Waals surface area contributed by atoms with Gasteiger partial charge in [0.05, 0.1) is 18.7 Å². The SMILES string of the molecule is COc1cc([C@@H]2C(C(C)=O)=C(O)C(=O)N2c2ccc(C)cc2)ccc1O. The first-order valence-corrected chi connectivity index (χ1v) is 8.06. The highest BCUT2D eigenvalue weighted by Crippen LogP contribution is 2.42. The molecule has 26 heavy (non-hydrogen) atoms. The normalized spacial score (nSPS) is 17.0. The maximum absolute atomic E-state index is 12.7. The molecule has 2 N–H and O–H groups in total. The van der Waals surface area contributed by atoms with Gasteiger partial charge in [0.2, 0.25) is 0 Å². The van der Waals surface area contributed by atoms with Crippen LogP contribution in [0.5, 0.6) is 11.5 Å². The van der Waals surface area contributed by atoms with Gasteiger partial charge in [-0.05, 0) is 43.7 Å². The van der Waals surface area contributed by atoms with Crippen LogP contribution in [-0.4, -0.2) is 29.0 Å². The Morgan fingerprint density at radius 2 is 1.77 bits per heavy atom. The number of ether oxygens (including phenoxy) is 1. The first-order chi connectivity index (χ1) is 12.3. The summed E-state index contributed by atoms with van der Waals surface area (Å²) in [5.41, 5.74) is 2.14. The van der Waals surface area contributed by atoms with Gasteiger partial charge in [-0.15, -0.1) is 0 Å². The lowest BCUT2D eigenvalue weighted by molar-refractivity contribution is -0.117. The number of ketones is 1. The zero-order chi connectivity index (χ0) is 19.0. The van der Waals surface area contributed by atoms with E-state index < -0.39 is 23.5 Å². The van der Waals surface area contributed by atoms with Crippen molar-refractivity contribution >= 4 is 17.4 Å². The van der Waals surface area contributed by atoms with Crippen LogP contribution < -0.4 is 9.64 Å². The quantitative estimate of drug-likeness (QED) is 0.881. The van der Waals surface area contributed by atoms with E-state index in [9.17, 15) is 19.8 Å². The Bertz CT molecular complexity index is 914. The Morgan fingerprint density at radius 1 is 1.12 bits per heavy atom. The van der Waals surface area contributed by atoms with Crippen LogP contribution >= 0.6 is 0 Å². The van der Waals surface area contributed by atoms with Gasteiger partial charge in [0.15, 0.2) is 23.0 Å². The first-order valence-electron chi connectivity index (χ1n) is 8.06. The number of carbonyl (C=O) groups excluding carboxylic acids is 2. The molecule has 1 aliphatic rings. The highest BCUT2D eigenvalue weighted by molar-refractivity contribution is 6.16. The molecule has 0 fully saturated rings. The van der Waals surface area contributed by atoms with Crippen molar-refractivity contribution in [3.8, 4) is 11.5 Å². The van der Waals surface area contributed by atoms with Crippen molar-refractivity contribution in [3.63, 3.8) is 0 Å². The van der Waals surface area contributed by atoms with Crippen LogP contribution in [0.3, 0.4) is 0 Å². The number of benzene rings is 2. The summed E-state index contributed by atoms with van der Waals surface area (Å²) in [6.45, 7) is 3.23. The van der Waals surface area contributed by atoms with Gasteiger partial charge in [-0.2, -0.15) is 0 Å². The lowest BCUT2D eigenvalue weighted by atomic mass is 9.96. The Morgan fingerprint density at radius 3 is 2.35 bits per heavy atom. The Kier molecular flexibility index (Phi) is 4.42. The summed E-state index contributed by atoms with van der Waals surface area (Å²) < 4.78 is 5.13. The number of hydrogen-bond acceptors (Lipinski definition) is 5. The van der Waals surface area contributed by atoms with E-state index >= 15 is 0 Å². The van der Waals surface area contributed by atoms with Crippen molar-refractivity contribution in [2.45, 2.75) is 19.9 Å². The minimum Gasteiger partial charge on any atom is -0.504 e. The zero-order valence-electron chi connectivity index (χ0n) is 14.7. The molecule has 134 valence electrons. The smallest absolute Gasteiger partial charge is 0.294 e. The fraction of sp³-hybridized carbons (Fsp3) is 0.200. The fourth-order valence-electron chi connectivity index (χ4n) is 3.12. The van der Waals surface area contributed by atoms with Crippen molar-refractivity contribution in [3.05, 3.63) is 64.9 Å². The maximum Gasteiger partial charge on any atom is 0.294 e. The maximum atomic E-state index is 12.7. The average molecular weight is 353 g/mol. The van der Waals surface area contributed by atoms with Gasteiger partial charge < -0.3 is 14.9 Å². The summed E-state index contributed by atoms with van der Waals surface area (Å²) >= 11 is 0. The number of Topliss-reactive ketones (excluding diaryl/α,β-unsaturated/α-hetero) is 1. The topological polar surface area (TPSA) is 87.1 Å². The van der Waals surface area contributed by atoms with Gasteiger partial charge in [-0.25, -0.2) is 0 Å². The number of carbonyl (C=O) groups is 2. The third-order valence-corrected chi connectivity index (χ3v) is 4.42. The van der Waals surface area contributed by atoms with Crippen LogP contribution in [0.1, 0.15) is 24.1 Å². The number of aliphatic hydroxyl groups excluding tert-OH is 1. The van der Waals surface area contributed by atoms with Crippen molar-refractivity contribution in [2.75, 3.05) is 12.0 Å². The average Bonchev–Trinajstić information content (AvgIpc) is 2.88. The number of aliphatic hydroxyl groups is 1. The van der Waals surface area contributed by atoms with Gasteiger partial charge >= 0.3 is 0 Å². The van der Waals surface area contributed by atoms with Gasteiger partial charge in [0, 0.05) is 5.69 Å². The molecule has 0 spiro atoms. The fourth-order valence-corrected chi connectivity index (χ4v) is 3.12. The highest BCUT2D eigenvalue weighted by atomic mass is 16.5. The second-order valence-corrected chi connectivity index (χ2v) is 6.16. The largest absolute Gasteiger partial charge is 0.504 e. The van der Waals surface area contributed by atoms with Crippen LogP contribution in [0.2, 0.25) is 0 Å². The molecule has 0 bridgehead atoms. The van der Waals surface area contributed by atoms with E-state index in [1.54, 1.807) is 24.3 Å². The lowest BCUT2D eigenvalue weighted by Gasteiger charge is -2.27. The summed E-state index contributed by atoms with van der Waals surface area (Å²) in [6.07, 6.45) is 0. The summed E-state index contributed by atoms with van der Waals surface area (Å²) in [5, 5.41) is 20.2. The van der Waals surface area contributed by atoms with E-state index in [-0.39, 0.29) is 17.1 Å². The second kappa shape index (κ2) is 6.55. The zero-order valence-corrected chi connectivity index (χ0v) is 14.7. The van der Waals surface area contributed by atoms with Crippen molar-refractivity contribution in [2.24, 2.45) is 0 Å². The molecule has 1 atom stereocenters. The molecule has 0 saturated heterocycles. The molecular weight excluding hydrogens is 334 g/mol. The summed E-state index contributed by atoms with van der Waals surface area (Å²) in [6, 6.07) is 11.0. The molecule has 1 heterocycles. The number of hydrogen-bond donors (Lipinski definition) is 2. The van der Waals surface area contributed by atoms with Gasteiger partial charge in [-0.1, -0.05) is 23.8 Å². The molecular formula is C20H19NO5. The van der Waals surface area contributed by atoms with Crippen LogP contribution in [0, 0.1) is 6.92 Å². The molecule has 0 saturated carbocycles. The number of anilines is 1. The Labute approximate surface area is 150 Å². The highest BCUT2D eigenvalue weighted by Gasteiger charge is 2.43. The molecule has 1 aliphatic heterocycles. The summed E-state index contributed by atoms with van der Waals surface area (Å²) in [5.74, 6) is -1.44. The number of nitrogens with zero attached hydrogens (tertiary/aromatic N) is 1. The van der Waals surface area contributed by atoms with Crippen LogP contribution in [0.15, 0.2) is 53.8 Å². The van der Waals surface area contributed by atoms with Crippen molar-refractivity contribution in [1.82, 2.24) is 0 Å². The molecule has 1 amide bonds. The third kappa shape index (κ3) is 2.79. The molecule has 3 rings (SSSR count). The van der Waals surface area contributed by atoms with E-state index in [0.29, 0.717) is 11.3 Å². The predicted octanol–water partition coefficient (Wildman–Crippen LogP) is 3.20. The standard InChI is InChI=1S/C20H19NO5/c1-11-4-7-14(8-5-11)21-18(17(12(2)22)19(24)20(21)25)13-6-9-15(23)16(10-13)26-3/h4-10,18,23-24H,1-3H3/t18-/m1/s1. The van der Waals surface area contributed by atoms with Crippen LogP contribution in [0.25, 0.3) is 0 Å². The number of rotatable bonds is 4. The minimum atomic E-state index is -0.808. The summed E-state index contributed by atoms with van der Waals surface area (Å²) in [4.78, 5) is 26.2. The number of phenolic OH excluding ortho intramolecular Hbond substituents is 1. The van der Waals surface area contributed by atoms with E-state index in [1.807, 2.05) is 19.1 Å². The number of phenols is 1. The molecule has 2 aromatic carbocycles. The molecule has 0 aromatic heterocycles. The number of aromatic hydroxyl groups is 1. The van der Waals surface area contributed by atoms with E-state index in [4.69, 9.17) is 4.74 Å². The van der Waals surface area contributed by atoms with Crippen molar-refractivity contribution in [1.29, 1.82) is 0 Å². The summed E-state index contributed by atoms with van der Waals surface area (Å²) in [7, 11) is 1.41. The van der Waals surface area contributed by atoms with Gasteiger partial charge in [0.1, 0.15) is 0 Å². The third-order valence-electron chi connectivity index (χ3n) is 4.42. The molecule has 2 aromatic rings. The van der Waals surface area contributed by atoms with Crippen LogP contribution in [-0.2, 0) is 9.59 Å². The minimum absolute atomic E-state index is 0.0170. The van der Waals surface area contributed by atoms with Gasteiger partial charge in [-0.3, -0.25) is 14.5 Å². The molecule has 0 aliphatic carbocycles. The van der Waals surface area contributed by atoms with Gasteiger partial charge in [0.25, 0.3) is 5.91 Å². The number of methoxy groups -OCH3 is 1. The molecule has 0 unspecified atom stereocenters.